The Morgan fingerprint density at radius 3 is 1.35 bits per heavy atom. The number of benzene rings is 4. The first-order valence-corrected chi connectivity index (χ1v) is 29.4. The molecule has 0 saturated carbocycles. The molecule has 4 heterocycles. The highest BCUT2D eigenvalue weighted by Gasteiger charge is 2.31. The number of aromatic amines is 2. The molecule has 0 aliphatic rings. The maximum absolute atomic E-state index is 13.3. The third-order valence-corrected chi connectivity index (χ3v) is 14.5. The average Bonchev–Trinajstić information content (AvgIpc) is 1.72. The number of H-pyrrole nitrogens is 2. The van der Waals surface area contributed by atoms with E-state index in [0.29, 0.717) is 117 Å². The number of nitrogens with two attached hydrogens (primary N) is 1. The Hall–Kier alpha value is -6.95. The predicted molar refractivity (Wildman–Crippen MR) is 336 cm³/mol. The Morgan fingerprint density at radius 1 is 0.628 bits per heavy atom. The summed E-state index contributed by atoms with van der Waals surface area (Å²) in [5.41, 5.74) is 15.0. The monoisotopic (exact) mass is 1290 g/mol. The number of carbonyl (C=O) groups is 2. The number of ether oxygens (including phenoxy) is 4. The van der Waals surface area contributed by atoms with Gasteiger partial charge in [0.05, 0.1) is 57.9 Å². The molecule has 0 saturated heterocycles. The van der Waals surface area contributed by atoms with E-state index < -0.39 is 11.2 Å². The summed E-state index contributed by atoms with van der Waals surface area (Å²) in [4.78, 5) is 69.8. The van der Waals surface area contributed by atoms with Crippen molar-refractivity contribution in [2.24, 2.45) is 10.8 Å². The molecule has 86 heavy (non-hydrogen) atoms. The largest absolute Gasteiger partial charge is 0.478 e. The molecule has 6 N–H and O–H groups in total. The van der Waals surface area contributed by atoms with Crippen molar-refractivity contribution >= 4 is 103 Å². The molecule has 8 rings (SSSR count). The molecule has 4 aromatic heterocycles. The standard InChI is InChI=1S/C29H31Cl3N8O4.C29H33Cl3N6O4/c1-16(2)24-23-26(40(38-24)25-20(31)14-18(30)15-21(25)32)36-22(37-27(23)41)13-17-5-7-19(8-6-17)44-29(3,4)28(42)34-9-11-43-12-10-35-39-33;1-16(2)24-23-26(38(37-24)25-20(31)14-18(30)15-21(25)32)35-22(36-27(23)39)13-17-5-7-19(8-6-17)42-29(3,4)28(40)34-10-12-41-11-9-33/h5-8,14-16H,9-13H2,1-4H3,(H,34,42)(H,36,37,41);5-8,14-16H,9-13,33H2,1-4H3,(H,34,40)(H,35,36,39). The van der Waals surface area contributed by atoms with E-state index in [4.69, 9.17) is 110 Å². The van der Waals surface area contributed by atoms with Crippen LogP contribution in [0.4, 0.5) is 0 Å². The van der Waals surface area contributed by atoms with Gasteiger partial charge in [0.2, 0.25) is 0 Å². The Morgan fingerprint density at radius 2 is 1.00 bits per heavy atom. The van der Waals surface area contributed by atoms with Crippen molar-refractivity contribution in [1.29, 1.82) is 0 Å². The maximum atomic E-state index is 13.3. The lowest BCUT2D eigenvalue weighted by Crippen LogP contribution is -2.47. The molecule has 22 nitrogen and oxygen atoms in total. The zero-order valence-electron chi connectivity index (χ0n) is 48.3. The van der Waals surface area contributed by atoms with Gasteiger partial charge in [-0.25, -0.2) is 19.3 Å². The lowest BCUT2D eigenvalue weighted by molar-refractivity contribution is -0.134. The second-order valence-electron chi connectivity index (χ2n) is 21.1. The summed E-state index contributed by atoms with van der Waals surface area (Å²) in [7, 11) is 0. The lowest BCUT2D eigenvalue weighted by atomic mass is 10.1. The molecule has 0 fully saturated rings. The van der Waals surface area contributed by atoms with Crippen LogP contribution in [0.2, 0.25) is 30.1 Å². The van der Waals surface area contributed by atoms with Crippen LogP contribution in [-0.2, 0) is 31.9 Å². The molecule has 0 atom stereocenters. The van der Waals surface area contributed by atoms with Gasteiger partial charge in [-0.15, -0.1) is 0 Å². The number of halogens is 6. The zero-order valence-corrected chi connectivity index (χ0v) is 52.8. The minimum Gasteiger partial charge on any atom is -0.478 e. The molecule has 0 spiro atoms. The van der Waals surface area contributed by atoms with Crippen LogP contribution in [0.3, 0.4) is 0 Å². The number of amides is 2. The van der Waals surface area contributed by atoms with Gasteiger partial charge in [-0.1, -0.05) is 127 Å². The van der Waals surface area contributed by atoms with E-state index in [1.165, 1.54) is 9.36 Å². The van der Waals surface area contributed by atoms with Crippen molar-refractivity contribution in [3.8, 4) is 22.9 Å². The van der Waals surface area contributed by atoms with E-state index in [9.17, 15) is 19.2 Å². The fourth-order valence-corrected chi connectivity index (χ4v) is 10.7. The Bertz CT molecular complexity index is 3850. The first-order chi connectivity index (χ1) is 40.8. The molecule has 8 aromatic rings. The molecule has 28 heteroatoms. The average molecular weight is 1300 g/mol. The van der Waals surface area contributed by atoms with E-state index in [0.717, 1.165) is 11.1 Å². The van der Waals surface area contributed by atoms with Gasteiger partial charge < -0.3 is 45.3 Å². The molecule has 0 aliphatic carbocycles. The topological polar surface area (TPSA) is 297 Å². The first-order valence-electron chi connectivity index (χ1n) is 27.1. The van der Waals surface area contributed by atoms with Gasteiger partial charge in [-0.3, -0.25) is 19.2 Å². The molecule has 0 aliphatic heterocycles. The fourth-order valence-electron chi connectivity index (χ4n) is 8.71. The van der Waals surface area contributed by atoms with Crippen LogP contribution in [0.15, 0.2) is 87.5 Å². The molecule has 456 valence electrons. The van der Waals surface area contributed by atoms with Gasteiger partial charge in [-0.2, -0.15) is 10.2 Å². The summed E-state index contributed by atoms with van der Waals surface area (Å²) in [6, 6.07) is 20.6. The summed E-state index contributed by atoms with van der Waals surface area (Å²) in [5.74, 6) is 1.14. The highest BCUT2D eigenvalue weighted by Crippen LogP contribution is 2.37. The predicted octanol–water partition coefficient (Wildman–Crippen LogP) is 11.4. The Balaban J connectivity index is 0.000000246. The second kappa shape index (κ2) is 29.6. The van der Waals surface area contributed by atoms with Gasteiger partial charge in [0.15, 0.2) is 22.5 Å². The number of nitrogens with one attached hydrogen (secondary N) is 4. The van der Waals surface area contributed by atoms with Crippen LogP contribution in [0, 0.1) is 0 Å². The number of fused-ring (bicyclic) bond motifs is 2. The van der Waals surface area contributed by atoms with Crippen molar-refractivity contribution in [1.82, 2.24) is 50.1 Å². The van der Waals surface area contributed by atoms with Gasteiger partial charge in [-0.05, 0) is 105 Å². The third kappa shape index (κ3) is 16.8. The van der Waals surface area contributed by atoms with Crippen molar-refractivity contribution in [3.05, 3.63) is 168 Å². The third-order valence-electron chi connectivity index (χ3n) is 12.9. The summed E-state index contributed by atoms with van der Waals surface area (Å²) >= 11 is 38.2. The van der Waals surface area contributed by atoms with Gasteiger partial charge in [0.1, 0.15) is 45.3 Å². The summed E-state index contributed by atoms with van der Waals surface area (Å²) < 4.78 is 25.5. The van der Waals surface area contributed by atoms with Crippen molar-refractivity contribution in [3.63, 3.8) is 0 Å². The first kappa shape index (κ1) is 66.6. The lowest BCUT2D eigenvalue weighted by Gasteiger charge is -2.25. The molecule has 0 radical (unpaired) electrons. The highest BCUT2D eigenvalue weighted by atomic mass is 35.5. The number of hydrogen-bond donors (Lipinski definition) is 5. The van der Waals surface area contributed by atoms with Crippen LogP contribution < -0.4 is 37.0 Å². The van der Waals surface area contributed by atoms with Crippen LogP contribution in [-0.4, -0.2) is 115 Å². The number of carbonyl (C=O) groups excluding carboxylic acids is 2. The Kier molecular flexibility index (Phi) is 22.9. The van der Waals surface area contributed by atoms with E-state index in [1.54, 1.807) is 76.2 Å². The minimum absolute atomic E-state index is 0.0595. The maximum Gasteiger partial charge on any atom is 0.263 e. The van der Waals surface area contributed by atoms with Gasteiger partial charge >= 0.3 is 0 Å². The second-order valence-corrected chi connectivity index (χ2v) is 23.6. The normalized spacial score (nSPS) is 11.7. The molecule has 0 bridgehead atoms. The van der Waals surface area contributed by atoms with Crippen LogP contribution in [0.1, 0.15) is 101 Å². The number of azide groups is 1. The van der Waals surface area contributed by atoms with Crippen LogP contribution in [0.25, 0.3) is 43.9 Å². The molecular formula is C58H64Cl6N14O8. The summed E-state index contributed by atoms with van der Waals surface area (Å²) in [6.07, 6.45) is 0.627. The number of aromatic nitrogens is 8. The molecule has 2 amide bonds. The summed E-state index contributed by atoms with van der Waals surface area (Å²) in [5, 5.41) is 20.9. The smallest absolute Gasteiger partial charge is 0.263 e. The van der Waals surface area contributed by atoms with Gasteiger partial charge in [0, 0.05) is 54.0 Å². The number of nitrogens with zero attached hydrogens (tertiary/aromatic N) is 9. The minimum atomic E-state index is -1.15. The number of rotatable bonds is 25. The molecular weight excluding hydrogens is 1230 g/mol. The van der Waals surface area contributed by atoms with E-state index >= 15 is 0 Å². The SMILES string of the molecule is CC(C)c1nn(-c2c(Cl)cc(Cl)cc2Cl)c2nc(Cc3ccc(OC(C)(C)C(=O)NCCOCCN)cc3)[nH]c(=O)c12.CC(C)c1nn(-c2c(Cl)cc(Cl)cc2Cl)c2nc(Cc3ccc(OC(C)(C)C(=O)NCCOCCN=[N+]=[N-])cc3)[nH]c(=O)c12. The van der Waals surface area contributed by atoms with E-state index in [1.807, 2.05) is 52.0 Å². The Labute approximate surface area is 524 Å². The van der Waals surface area contributed by atoms with Crippen molar-refractivity contribution in [2.75, 3.05) is 52.6 Å². The molecule has 0 unspecified atom stereocenters. The number of hydrogen-bond acceptors (Lipinski definition) is 14. The van der Waals surface area contributed by atoms with E-state index in [-0.39, 0.29) is 81.2 Å². The zero-order chi connectivity index (χ0) is 62.6. The van der Waals surface area contributed by atoms with Crippen LogP contribution in [0.5, 0.6) is 11.5 Å². The van der Waals surface area contributed by atoms with E-state index in [2.05, 4.69) is 40.8 Å². The quantitative estimate of drug-likeness (QED) is 0.0154. The van der Waals surface area contributed by atoms with Crippen LogP contribution >= 0.6 is 69.6 Å². The van der Waals surface area contributed by atoms with Gasteiger partial charge in [0.25, 0.3) is 22.9 Å². The van der Waals surface area contributed by atoms with Crippen molar-refractivity contribution < 1.29 is 28.5 Å². The van der Waals surface area contributed by atoms with Crippen molar-refractivity contribution in [2.45, 2.75) is 91.3 Å². The molecule has 4 aromatic carbocycles. The highest BCUT2D eigenvalue weighted by molar-refractivity contribution is 6.41. The summed E-state index contributed by atoms with van der Waals surface area (Å²) in [6.45, 7) is 17.1. The fraction of sp³-hybridized carbons (Fsp3) is 0.379.